The van der Waals surface area contributed by atoms with Crippen molar-refractivity contribution >= 4 is 0 Å². The summed E-state index contributed by atoms with van der Waals surface area (Å²) in [6.45, 7) is 7.07. The quantitative estimate of drug-likeness (QED) is 0.564. The number of hydrogen-bond donors (Lipinski definition) is 1. The Morgan fingerprint density at radius 1 is 1.29 bits per heavy atom. The highest BCUT2D eigenvalue weighted by atomic mass is 16.5. The second-order valence-corrected chi connectivity index (χ2v) is 4.07. The zero-order valence-electron chi connectivity index (χ0n) is 9.59. The molecule has 0 aromatic carbocycles. The summed E-state index contributed by atoms with van der Waals surface area (Å²) in [4.78, 5) is 2.40. The fourth-order valence-corrected chi connectivity index (χ4v) is 1.45. The highest BCUT2D eigenvalue weighted by Crippen LogP contribution is 2.24. The molecule has 3 nitrogen and oxygen atoms in total. The fourth-order valence-electron chi connectivity index (χ4n) is 1.45. The first-order chi connectivity index (χ1) is 6.84. The predicted molar refractivity (Wildman–Crippen MR) is 59.6 cm³/mol. The fraction of sp³-hybridized carbons (Fsp3) is 1.00. The third-order valence-corrected chi connectivity index (χ3v) is 2.61. The first-order valence-electron chi connectivity index (χ1n) is 5.83. The average molecular weight is 200 g/mol. The van der Waals surface area contributed by atoms with Crippen molar-refractivity contribution in [2.45, 2.75) is 32.2 Å². The van der Waals surface area contributed by atoms with E-state index < -0.39 is 0 Å². The summed E-state index contributed by atoms with van der Waals surface area (Å²) in [5, 5.41) is 3.32. The lowest BCUT2D eigenvalue weighted by Gasteiger charge is -2.15. The summed E-state index contributed by atoms with van der Waals surface area (Å²) >= 11 is 0. The second-order valence-electron chi connectivity index (χ2n) is 4.07. The van der Waals surface area contributed by atoms with E-state index in [1.54, 1.807) is 0 Å². The van der Waals surface area contributed by atoms with Crippen molar-refractivity contribution in [2.75, 3.05) is 39.9 Å². The molecule has 1 rings (SSSR count). The first-order valence-corrected chi connectivity index (χ1v) is 5.83. The summed E-state index contributed by atoms with van der Waals surface area (Å²) in [6, 6.07) is 0.858. The molecular weight excluding hydrogens is 176 g/mol. The SMILES string of the molecule is CCCNCCOCCN(C)C1CC1. The van der Waals surface area contributed by atoms with Gasteiger partial charge in [0, 0.05) is 19.1 Å². The monoisotopic (exact) mass is 200 g/mol. The van der Waals surface area contributed by atoms with Crippen LogP contribution in [0.4, 0.5) is 0 Å². The topological polar surface area (TPSA) is 24.5 Å². The lowest BCUT2D eigenvalue weighted by atomic mass is 10.5. The van der Waals surface area contributed by atoms with Crippen molar-refractivity contribution in [1.82, 2.24) is 10.2 Å². The second kappa shape index (κ2) is 7.21. The van der Waals surface area contributed by atoms with Crippen molar-refractivity contribution in [3.05, 3.63) is 0 Å². The Labute approximate surface area is 87.8 Å². The maximum atomic E-state index is 5.52. The Hall–Kier alpha value is -0.120. The molecule has 1 fully saturated rings. The summed E-state index contributed by atoms with van der Waals surface area (Å²) in [7, 11) is 2.19. The van der Waals surface area contributed by atoms with Crippen LogP contribution in [0.1, 0.15) is 26.2 Å². The highest BCUT2D eigenvalue weighted by Gasteiger charge is 2.25. The predicted octanol–water partition coefficient (Wildman–Crippen LogP) is 1.10. The van der Waals surface area contributed by atoms with Crippen molar-refractivity contribution in [3.8, 4) is 0 Å². The number of ether oxygens (including phenoxy) is 1. The minimum atomic E-state index is 0.846. The lowest BCUT2D eigenvalue weighted by molar-refractivity contribution is 0.111. The van der Waals surface area contributed by atoms with Crippen molar-refractivity contribution in [1.29, 1.82) is 0 Å². The zero-order chi connectivity index (χ0) is 10.2. The van der Waals surface area contributed by atoms with Crippen LogP contribution in [-0.2, 0) is 4.74 Å². The Bertz CT molecular complexity index is 137. The zero-order valence-corrected chi connectivity index (χ0v) is 9.59. The smallest absolute Gasteiger partial charge is 0.0594 e. The minimum absolute atomic E-state index is 0.846. The molecule has 1 aliphatic carbocycles. The molecule has 0 atom stereocenters. The van der Waals surface area contributed by atoms with Crippen molar-refractivity contribution in [3.63, 3.8) is 0 Å². The van der Waals surface area contributed by atoms with E-state index in [0.717, 1.165) is 38.9 Å². The molecule has 0 radical (unpaired) electrons. The molecular formula is C11H24N2O. The van der Waals surface area contributed by atoms with Gasteiger partial charge in [0.25, 0.3) is 0 Å². The molecule has 1 saturated carbocycles. The first kappa shape index (κ1) is 12.0. The Morgan fingerprint density at radius 2 is 2.07 bits per heavy atom. The van der Waals surface area contributed by atoms with Crippen LogP contribution in [0.25, 0.3) is 0 Å². The molecule has 84 valence electrons. The van der Waals surface area contributed by atoms with Gasteiger partial charge in [0.1, 0.15) is 0 Å². The molecule has 0 amide bonds. The molecule has 0 aromatic rings. The molecule has 14 heavy (non-hydrogen) atoms. The molecule has 0 saturated heterocycles. The van der Waals surface area contributed by atoms with Gasteiger partial charge in [-0.25, -0.2) is 0 Å². The summed E-state index contributed by atoms with van der Waals surface area (Å²) < 4.78 is 5.52. The minimum Gasteiger partial charge on any atom is -0.379 e. The van der Waals surface area contributed by atoms with Gasteiger partial charge >= 0.3 is 0 Å². The van der Waals surface area contributed by atoms with Crippen LogP contribution in [-0.4, -0.2) is 50.8 Å². The summed E-state index contributed by atoms with van der Waals surface area (Å²) in [6.07, 6.45) is 3.97. The van der Waals surface area contributed by atoms with Gasteiger partial charge in [-0.1, -0.05) is 6.92 Å². The van der Waals surface area contributed by atoms with Gasteiger partial charge in [0.2, 0.25) is 0 Å². The normalized spacial score (nSPS) is 16.5. The Kier molecular flexibility index (Phi) is 6.15. The Morgan fingerprint density at radius 3 is 2.71 bits per heavy atom. The van der Waals surface area contributed by atoms with Gasteiger partial charge in [0.05, 0.1) is 13.2 Å². The van der Waals surface area contributed by atoms with Crippen LogP contribution in [0.3, 0.4) is 0 Å². The van der Waals surface area contributed by atoms with Crippen LogP contribution >= 0.6 is 0 Å². The van der Waals surface area contributed by atoms with Crippen LogP contribution in [0.5, 0.6) is 0 Å². The molecule has 0 bridgehead atoms. The van der Waals surface area contributed by atoms with Crippen LogP contribution in [0.15, 0.2) is 0 Å². The number of hydrogen-bond acceptors (Lipinski definition) is 3. The lowest BCUT2D eigenvalue weighted by Crippen LogP contribution is -2.27. The number of rotatable bonds is 9. The number of nitrogens with zero attached hydrogens (tertiary/aromatic N) is 1. The Balaban J connectivity index is 1.75. The van der Waals surface area contributed by atoms with E-state index in [1.807, 2.05) is 0 Å². The molecule has 1 aliphatic rings. The van der Waals surface area contributed by atoms with Crippen molar-refractivity contribution < 1.29 is 4.74 Å². The summed E-state index contributed by atoms with van der Waals surface area (Å²) in [5.41, 5.74) is 0. The van der Waals surface area contributed by atoms with E-state index in [-0.39, 0.29) is 0 Å². The van der Waals surface area contributed by atoms with Gasteiger partial charge in [-0.05, 0) is 32.9 Å². The average Bonchev–Trinajstić information content (AvgIpc) is 2.99. The van der Waals surface area contributed by atoms with Crippen LogP contribution < -0.4 is 5.32 Å². The largest absolute Gasteiger partial charge is 0.379 e. The molecule has 3 heteroatoms. The van der Waals surface area contributed by atoms with E-state index in [0.29, 0.717) is 0 Å². The molecule has 0 aliphatic heterocycles. The molecule has 0 aromatic heterocycles. The molecule has 0 unspecified atom stereocenters. The van der Waals surface area contributed by atoms with E-state index in [4.69, 9.17) is 4.74 Å². The maximum absolute atomic E-state index is 5.52. The third kappa shape index (κ3) is 5.58. The van der Waals surface area contributed by atoms with Crippen LogP contribution in [0.2, 0.25) is 0 Å². The maximum Gasteiger partial charge on any atom is 0.0594 e. The molecule has 0 heterocycles. The van der Waals surface area contributed by atoms with Gasteiger partial charge in [-0.3, -0.25) is 0 Å². The highest BCUT2D eigenvalue weighted by molar-refractivity contribution is 4.81. The summed E-state index contributed by atoms with van der Waals surface area (Å²) in [5.74, 6) is 0. The van der Waals surface area contributed by atoms with Gasteiger partial charge < -0.3 is 15.0 Å². The van der Waals surface area contributed by atoms with E-state index in [2.05, 4.69) is 24.2 Å². The van der Waals surface area contributed by atoms with E-state index in [1.165, 1.54) is 19.3 Å². The van der Waals surface area contributed by atoms with Gasteiger partial charge in [0.15, 0.2) is 0 Å². The number of likely N-dealkylation sites (N-methyl/N-ethyl adjacent to an activating group) is 1. The van der Waals surface area contributed by atoms with Crippen LogP contribution in [0, 0.1) is 0 Å². The number of nitrogens with one attached hydrogen (secondary N) is 1. The van der Waals surface area contributed by atoms with E-state index >= 15 is 0 Å². The third-order valence-electron chi connectivity index (χ3n) is 2.61. The molecule has 1 N–H and O–H groups in total. The molecule has 0 spiro atoms. The standard InChI is InChI=1S/C11H24N2O/c1-3-6-12-7-9-14-10-8-13(2)11-4-5-11/h11-12H,3-10H2,1-2H3. The van der Waals surface area contributed by atoms with Crippen molar-refractivity contribution in [2.24, 2.45) is 0 Å². The van der Waals surface area contributed by atoms with Gasteiger partial charge in [-0.2, -0.15) is 0 Å². The van der Waals surface area contributed by atoms with Gasteiger partial charge in [-0.15, -0.1) is 0 Å². The van der Waals surface area contributed by atoms with E-state index in [9.17, 15) is 0 Å².